The van der Waals surface area contributed by atoms with Gasteiger partial charge in [0.2, 0.25) is 5.91 Å². The van der Waals surface area contributed by atoms with E-state index in [9.17, 15) is 4.79 Å². The lowest BCUT2D eigenvalue weighted by Gasteiger charge is -2.26. The van der Waals surface area contributed by atoms with Crippen LogP contribution in [0.1, 0.15) is 30.0 Å². The Labute approximate surface area is 140 Å². The van der Waals surface area contributed by atoms with Crippen molar-refractivity contribution in [2.45, 2.75) is 18.9 Å². The van der Waals surface area contributed by atoms with Gasteiger partial charge in [-0.25, -0.2) is 0 Å². The first-order valence-corrected chi connectivity index (χ1v) is 7.67. The third-order valence-electron chi connectivity index (χ3n) is 3.43. The van der Waals surface area contributed by atoms with Gasteiger partial charge in [0, 0.05) is 22.9 Å². The van der Waals surface area contributed by atoms with E-state index in [1.54, 1.807) is 0 Å². The summed E-state index contributed by atoms with van der Waals surface area (Å²) in [7, 11) is 0. The largest absolute Gasteiger partial charge is 0.349 e. The number of amides is 1. The number of nitrogens with one attached hydrogen (secondary N) is 1. The highest BCUT2D eigenvalue weighted by molar-refractivity contribution is 6.30. The molecule has 114 valence electrons. The van der Waals surface area contributed by atoms with E-state index in [0.29, 0.717) is 10.0 Å². The zero-order valence-corrected chi connectivity index (χ0v) is 13.7. The quantitative estimate of drug-likeness (QED) is 0.754. The predicted molar refractivity (Wildman–Crippen MR) is 92.4 cm³/mol. The molecule has 2 nitrogen and oxygen atoms in total. The van der Waals surface area contributed by atoms with Crippen molar-refractivity contribution in [3.63, 3.8) is 0 Å². The van der Waals surface area contributed by atoms with Crippen LogP contribution in [0, 0.1) is 0 Å². The van der Waals surface area contributed by atoms with E-state index >= 15 is 0 Å². The number of hydrogen-bond acceptors (Lipinski definition) is 1. The van der Waals surface area contributed by atoms with Crippen molar-refractivity contribution in [1.82, 2.24) is 5.32 Å². The fraction of sp³-hybridized carbons (Fsp3) is 0.167. The van der Waals surface area contributed by atoms with Crippen LogP contribution in [0.5, 0.6) is 0 Å². The van der Waals surface area contributed by atoms with Crippen molar-refractivity contribution < 1.29 is 4.79 Å². The van der Waals surface area contributed by atoms with Gasteiger partial charge in [0.15, 0.2) is 0 Å². The van der Waals surface area contributed by atoms with Crippen LogP contribution in [0.15, 0.2) is 61.2 Å². The summed E-state index contributed by atoms with van der Waals surface area (Å²) in [5.41, 5.74) is 1.96. The Kier molecular flexibility index (Phi) is 5.64. The standard InChI is InChI=1S/C18H17Cl2NO/c1-3-17(14-5-4-6-16(20)11-14)18(21-12(2)22)13-7-9-15(19)10-8-13/h3-11,17-18H,1H2,2H3,(H,21,22)/t17-,18-/m1/s1. The number of rotatable bonds is 5. The highest BCUT2D eigenvalue weighted by Crippen LogP contribution is 2.33. The summed E-state index contributed by atoms with van der Waals surface area (Å²) >= 11 is 12.0. The third kappa shape index (κ3) is 4.12. The molecule has 22 heavy (non-hydrogen) atoms. The van der Waals surface area contributed by atoms with Gasteiger partial charge in [-0.3, -0.25) is 4.79 Å². The molecule has 0 heterocycles. The smallest absolute Gasteiger partial charge is 0.217 e. The molecule has 0 unspecified atom stereocenters. The number of halogens is 2. The lowest BCUT2D eigenvalue weighted by atomic mass is 9.87. The molecule has 4 heteroatoms. The fourth-order valence-electron chi connectivity index (χ4n) is 2.45. The minimum atomic E-state index is -0.231. The van der Waals surface area contributed by atoms with Crippen LogP contribution in [0.4, 0.5) is 0 Å². The number of carbonyl (C=O) groups is 1. The molecule has 2 rings (SSSR count). The van der Waals surface area contributed by atoms with Gasteiger partial charge < -0.3 is 5.32 Å². The molecule has 1 amide bonds. The molecule has 0 aromatic heterocycles. The number of benzene rings is 2. The lowest BCUT2D eigenvalue weighted by Crippen LogP contribution is -2.30. The van der Waals surface area contributed by atoms with Gasteiger partial charge in [-0.15, -0.1) is 6.58 Å². The summed E-state index contributed by atoms with van der Waals surface area (Å²) in [6.07, 6.45) is 1.82. The highest BCUT2D eigenvalue weighted by Gasteiger charge is 2.23. The lowest BCUT2D eigenvalue weighted by molar-refractivity contribution is -0.119. The van der Waals surface area contributed by atoms with Crippen molar-refractivity contribution in [1.29, 1.82) is 0 Å². The normalized spacial score (nSPS) is 13.2. The average molecular weight is 334 g/mol. The minimum absolute atomic E-state index is 0.0937. The van der Waals surface area contributed by atoms with Gasteiger partial charge in [-0.2, -0.15) is 0 Å². The van der Waals surface area contributed by atoms with Crippen LogP contribution in [-0.2, 0) is 4.79 Å². The predicted octanol–water partition coefficient (Wildman–Crippen LogP) is 5.14. The number of carbonyl (C=O) groups excluding carboxylic acids is 1. The zero-order valence-electron chi connectivity index (χ0n) is 12.2. The van der Waals surface area contributed by atoms with Crippen molar-refractivity contribution >= 4 is 29.1 Å². The summed E-state index contributed by atoms with van der Waals surface area (Å²) in [5, 5.41) is 4.30. The maximum atomic E-state index is 11.6. The Morgan fingerprint density at radius 1 is 1.09 bits per heavy atom. The van der Waals surface area contributed by atoms with Crippen molar-refractivity contribution in [3.8, 4) is 0 Å². The second-order valence-electron chi connectivity index (χ2n) is 5.05. The molecule has 2 aromatic carbocycles. The molecule has 1 N–H and O–H groups in total. The monoisotopic (exact) mass is 333 g/mol. The van der Waals surface area contributed by atoms with Gasteiger partial charge in [-0.1, -0.05) is 53.5 Å². The summed E-state index contributed by atoms with van der Waals surface area (Å²) in [4.78, 5) is 11.6. The summed E-state index contributed by atoms with van der Waals surface area (Å²) in [6.45, 7) is 5.42. The van der Waals surface area contributed by atoms with Gasteiger partial charge in [0.1, 0.15) is 0 Å². The Morgan fingerprint density at radius 2 is 1.77 bits per heavy atom. The maximum absolute atomic E-state index is 11.6. The molecule has 0 radical (unpaired) electrons. The average Bonchev–Trinajstić information content (AvgIpc) is 2.47. The van der Waals surface area contributed by atoms with Gasteiger partial charge in [0.25, 0.3) is 0 Å². The van der Waals surface area contributed by atoms with Crippen molar-refractivity contribution in [2.75, 3.05) is 0 Å². The summed E-state index contributed by atoms with van der Waals surface area (Å²) in [6, 6.07) is 14.8. The Bertz CT molecular complexity index is 667. The Hall–Kier alpha value is -1.77. The molecule has 0 aliphatic heterocycles. The third-order valence-corrected chi connectivity index (χ3v) is 3.92. The molecule has 2 aromatic rings. The SMILES string of the molecule is C=C[C@H](c1cccc(Cl)c1)[C@H](NC(C)=O)c1ccc(Cl)cc1. The molecule has 0 aliphatic rings. The van der Waals surface area contributed by atoms with E-state index in [2.05, 4.69) is 11.9 Å². The summed E-state index contributed by atoms with van der Waals surface area (Å²) in [5.74, 6) is -0.197. The Morgan fingerprint density at radius 3 is 2.32 bits per heavy atom. The molecule has 0 fully saturated rings. The second kappa shape index (κ2) is 7.48. The van der Waals surface area contributed by atoms with E-state index in [4.69, 9.17) is 23.2 Å². The first-order valence-electron chi connectivity index (χ1n) is 6.92. The number of hydrogen-bond donors (Lipinski definition) is 1. The minimum Gasteiger partial charge on any atom is -0.349 e. The van der Waals surface area contributed by atoms with Crippen LogP contribution in [0.3, 0.4) is 0 Å². The molecular weight excluding hydrogens is 317 g/mol. The molecule has 0 bridgehead atoms. The Balaban J connectivity index is 2.43. The van der Waals surface area contributed by atoms with E-state index in [1.807, 2.05) is 54.6 Å². The van der Waals surface area contributed by atoms with E-state index in [-0.39, 0.29) is 17.9 Å². The topological polar surface area (TPSA) is 29.1 Å². The van der Waals surface area contributed by atoms with Crippen LogP contribution in [0.2, 0.25) is 10.0 Å². The first kappa shape index (κ1) is 16.6. The maximum Gasteiger partial charge on any atom is 0.217 e. The van der Waals surface area contributed by atoms with Crippen molar-refractivity contribution in [3.05, 3.63) is 82.4 Å². The molecule has 0 saturated heterocycles. The van der Waals surface area contributed by atoms with Crippen LogP contribution in [-0.4, -0.2) is 5.91 Å². The molecular formula is C18H17Cl2NO. The second-order valence-corrected chi connectivity index (χ2v) is 5.92. The van der Waals surface area contributed by atoms with Gasteiger partial charge in [0.05, 0.1) is 6.04 Å². The van der Waals surface area contributed by atoms with Crippen LogP contribution >= 0.6 is 23.2 Å². The highest BCUT2D eigenvalue weighted by atomic mass is 35.5. The van der Waals surface area contributed by atoms with E-state index < -0.39 is 0 Å². The zero-order chi connectivity index (χ0) is 16.1. The van der Waals surface area contributed by atoms with Gasteiger partial charge >= 0.3 is 0 Å². The fourth-order valence-corrected chi connectivity index (χ4v) is 2.77. The summed E-state index contributed by atoms with van der Waals surface area (Å²) < 4.78 is 0. The first-order chi connectivity index (χ1) is 10.5. The molecule has 0 aliphatic carbocycles. The van der Waals surface area contributed by atoms with Crippen LogP contribution in [0.25, 0.3) is 0 Å². The van der Waals surface area contributed by atoms with Crippen LogP contribution < -0.4 is 5.32 Å². The molecule has 0 spiro atoms. The van der Waals surface area contributed by atoms with E-state index in [0.717, 1.165) is 11.1 Å². The van der Waals surface area contributed by atoms with E-state index in [1.165, 1.54) is 6.92 Å². The van der Waals surface area contributed by atoms with Crippen molar-refractivity contribution in [2.24, 2.45) is 0 Å². The molecule has 2 atom stereocenters. The van der Waals surface area contributed by atoms with Gasteiger partial charge in [-0.05, 0) is 35.4 Å². The molecule has 0 saturated carbocycles.